The largest absolute Gasteiger partial charge is 0.454 e. The highest BCUT2D eigenvalue weighted by Crippen LogP contribution is 2.26. The van der Waals surface area contributed by atoms with Crippen LogP contribution in [-0.4, -0.2) is 22.1 Å². The zero-order valence-electron chi connectivity index (χ0n) is 17.0. The van der Waals surface area contributed by atoms with Crippen LogP contribution in [-0.2, 0) is 4.79 Å². The average molecular weight is 397 g/mol. The van der Waals surface area contributed by atoms with Crippen molar-refractivity contribution in [2.24, 2.45) is 0 Å². The second-order valence-electron chi connectivity index (χ2n) is 7.13. The molecule has 0 atom stereocenters. The van der Waals surface area contributed by atoms with Crippen LogP contribution in [0.15, 0.2) is 85.1 Å². The van der Waals surface area contributed by atoms with E-state index < -0.39 is 0 Å². The molecule has 1 N–H and O–H groups in total. The van der Waals surface area contributed by atoms with Gasteiger partial charge in [-0.1, -0.05) is 66.2 Å². The summed E-state index contributed by atoms with van der Waals surface area (Å²) in [5.41, 5.74) is 5.63. The number of nitrogens with zero attached hydrogens (tertiary/aromatic N) is 2. The Morgan fingerprint density at radius 1 is 0.933 bits per heavy atom. The number of amides is 1. The number of imidazole rings is 1. The van der Waals surface area contributed by atoms with E-state index in [1.54, 1.807) is 0 Å². The van der Waals surface area contributed by atoms with Crippen molar-refractivity contribution in [3.05, 3.63) is 96.2 Å². The van der Waals surface area contributed by atoms with Gasteiger partial charge in [0.15, 0.2) is 6.61 Å². The van der Waals surface area contributed by atoms with Gasteiger partial charge in [0.2, 0.25) is 0 Å². The third-order valence-corrected chi connectivity index (χ3v) is 4.81. The topological polar surface area (TPSA) is 56.2 Å². The molecule has 0 aliphatic rings. The number of para-hydroxylation sites is 1. The van der Waals surface area contributed by atoms with Gasteiger partial charge in [-0.25, -0.2) is 0 Å². The molecule has 0 unspecified atom stereocenters. The van der Waals surface area contributed by atoms with Crippen LogP contribution in [0.25, 0.3) is 16.9 Å². The van der Waals surface area contributed by atoms with Gasteiger partial charge in [-0.05, 0) is 37.6 Å². The Bertz CT molecular complexity index is 1150. The number of anilines is 1. The lowest BCUT2D eigenvalue weighted by atomic mass is 10.2. The van der Waals surface area contributed by atoms with Gasteiger partial charge in [0, 0.05) is 17.4 Å². The molecule has 0 spiro atoms. The molecule has 0 aliphatic heterocycles. The van der Waals surface area contributed by atoms with Gasteiger partial charge in [0.05, 0.1) is 11.4 Å². The first-order valence-electron chi connectivity index (χ1n) is 9.80. The minimum atomic E-state index is -0.232. The Labute approximate surface area is 176 Å². The number of aromatic nitrogens is 2. The molecule has 3 aromatic carbocycles. The smallest absolute Gasteiger partial charge is 0.302 e. The Kier molecular flexibility index (Phi) is 5.61. The van der Waals surface area contributed by atoms with E-state index in [2.05, 4.69) is 10.3 Å². The molecule has 1 heterocycles. The van der Waals surface area contributed by atoms with Gasteiger partial charge < -0.3 is 10.1 Å². The highest BCUT2D eigenvalue weighted by atomic mass is 16.5. The Morgan fingerprint density at radius 2 is 1.63 bits per heavy atom. The first-order valence-corrected chi connectivity index (χ1v) is 9.80. The van der Waals surface area contributed by atoms with Gasteiger partial charge in [0.25, 0.3) is 5.91 Å². The third-order valence-electron chi connectivity index (χ3n) is 4.81. The number of rotatable bonds is 6. The zero-order valence-corrected chi connectivity index (χ0v) is 17.0. The van der Waals surface area contributed by atoms with Crippen LogP contribution in [0.3, 0.4) is 0 Å². The maximum Gasteiger partial charge on any atom is 0.302 e. The lowest BCUT2D eigenvalue weighted by Crippen LogP contribution is -2.21. The first kappa shape index (κ1) is 19.5. The number of carbonyl (C=O) groups is 1. The molecular weight excluding hydrogens is 374 g/mol. The van der Waals surface area contributed by atoms with Crippen LogP contribution in [0.5, 0.6) is 6.01 Å². The van der Waals surface area contributed by atoms with Crippen LogP contribution in [0, 0.1) is 13.8 Å². The van der Waals surface area contributed by atoms with Crippen molar-refractivity contribution in [2.45, 2.75) is 13.8 Å². The summed E-state index contributed by atoms with van der Waals surface area (Å²) in [4.78, 5) is 17.1. The number of ether oxygens (including phenoxy) is 1. The van der Waals surface area contributed by atoms with E-state index in [1.165, 1.54) is 5.56 Å². The van der Waals surface area contributed by atoms with Gasteiger partial charge in [-0.3, -0.25) is 9.36 Å². The minimum Gasteiger partial charge on any atom is -0.454 e. The van der Waals surface area contributed by atoms with Crippen LogP contribution in [0.1, 0.15) is 11.1 Å². The number of carbonyl (C=O) groups excluding carboxylic acids is 1. The molecule has 0 saturated carbocycles. The van der Waals surface area contributed by atoms with Crippen molar-refractivity contribution in [1.29, 1.82) is 0 Å². The monoisotopic (exact) mass is 397 g/mol. The predicted molar refractivity (Wildman–Crippen MR) is 119 cm³/mol. The molecule has 4 aromatic rings. The van der Waals surface area contributed by atoms with E-state index in [4.69, 9.17) is 4.74 Å². The maximum absolute atomic E-state index is 12.4. The number of nitrogens with one attached hydrogen (secondary N) is 1. The number of aryl methyl sites for hydroxylation is 2. The lowest BCUT2D eigenvalue weighted by Gasteiger charge is -2.10. The molecule has 0 radical (unpaired) electrons. The van der Waals surface area contributed by atoms with Crippen molar-refractivity contribution in [3.63, 3.8) is 0 Å². The van der Waals surface area contributed by atoms with Gasteiger partial charge in [-0.2, -0.15) is 4.98 Å². The summed E-state index contributed by atoms with van der Waals surface area (Å²) >= 11 is 0. The molecule has 0 aliphatic carbocycles. The fourth-order valence-corrected chi connectivity index (χ4v) is 3.13. The van der Waals surface area contributed by atoms with E-state index in [1.807, 2.05) is 103 Å². The van der Waals surface area contributed by atoms with Crippen LogP contribution in [0.2, 0.25) is 0 Å². The summed E-state index contributed by atoms with van der Waals surface area (Å²) in [6.07, 6.45) is 1.93. The van der Waals surface area contributed by atoms with Gasteiger partial charge in [0.1, 0.15) is 0 Å². The summed E-state index contributed by atoms with van der Waals surface area (Å²) in [6, 6.07) is 26.0. The van der Waals surface area contributed by atoms with E-state index in [0.717, 1.165) is 28.2 Å². The fraction of sp³-hybridized carbons (Fsp3) is 0.120. The second-order valence-corrected chi connectivity index (χ2v) is 7.13. The maximum atomic E-state index is 12.4. The quantitative estimate of drug-likeness (QED) is 0.488. The summed E-state index contributed by atoms with van der Waals surface area (Å²) in [5.74, 6) is -0.232. The van der Waals surface area contributed by atoms with E-state index in [9.17, 15) is 4.79 Å². The molecule has 0 fully saturated rings. The second kappa shape index (κ2) is 8.66. The molecule has 0 bridgehead atoms. The SMILES string of the molecule is Cc1ccc(-n2cc(-c3ccccc3)nc2OCC(=O)Nc2ccccc2C)cc1. The van der Waals surface area contributed by atoms with E-state index >= 15 is 0 Å². The summed E-state index contributed by atoms with van der Waals surface area (Å²) in [5, 5.41) is 2.88. The predicted octanol–water partition coefficient (Wildman–Crippen LogP) is 5.17. The van der Waals surface area contributed by atoms with Gasteiger partial charge >= 0.3 is 6.01 Å². The van der Waals surface area contributed by atoms with E-state index in [-0.39, 0.29) is 12.5 Å². The summed E-state index contributed by atoms with van der Waals surface area (Å²) in [6.45, 7) is 3.86. The third kappa shape index (κ3) is 4.41. The molecule has 0 saturated heterocycles. The van der Waals surface area contributed by atoms with Crippen LogP contribution in [0.4, 0.5) is 5.69 Å². The highest BCUT2D eigenvalue weighted by Gasteiger charge is 2.14. The van der Waals surface area contributed by atoms with Crippen molar-refractivity contribution in [3.8, 4) is 23.0 Å². The molecule has 1 amide bonds. The number of hydrogen-bond acceptors (Lipinski definition) is 3. The lowest BCUT2D eigenvalue weighted by molar-refractivity contribution is -0.118. The van der Waals surface area contributed by atoms with Crippen molar-refractivity contribution in [2.75, 3.05) is 11.9 Å². The normalized spacial score (nSPS) is 10.6. The Balaban J connectivity index is 1.58. The summed E-state index contributed by atoms with van der Waals surface area (Å²) < 4.78 is 7.70. The number of benzene rings is 3. The highest BCUT2D eigenvalue weighted by molar-refractivity contribution is 5.92. The molecule has 5 nitrogen and oxygen atoms in total. The molecule has 4 rings (SSSR count). The molecule has 30 heavy (non-hydrogen) atoms. The molecule has 5 heteroatoms. The molecule has 150 valence electrons. The van der Waals surface area contributed by atoms with Gasteiger partial charge in [-0.15, -0.1) is 0 Å². The van der Waals surface area contributed by atoms with Crippen molar-refractivity contribution in [1.82, 2.24) is 9.55 Å². The zero-order chi connectivity index (χ0) is 20.9. The number of hydrogen-bond donors (Lipinski definition) is 1. The Hall–Kier alpha value is -3.86. The van der Waals surface area contributed by atoms with Crippen LogP contribution < -0.4 is 10.1 Å². The molecular formula is C25H23N3O2. The van der Waals surface area contributed by atoms with Crippen molar-refractivity contribution < 1.29 is 9.53 Å². The standard InChI is InChI=1S/C25H23N3O2/c1-18-12-14-21(15-13-18)28-16-23(20-9-4-3-5-10-20)27-25(28)30-17-24(29)26-22-11-7-6-8-19(22)2/h3-16H,17H2,1-2H3,(H,26,29). The fourth-order valence-electron chi connectivity index (χ4n) is 3.13. The molecule has 1 aromatic heterocycles. The average Bonchev–Trinajstić information content (AvgIpc) is 3.19. The van der Waals surface area contributed by atoms with E-state index in [0.29, 0.717) is 6.01 Å². The Morgan fingerprint density at radius 3 is 2.37 bits per heavy atom. The summed E-state index contributed by atoms with van der Waals surface area (Å²) in [7, 11) is 0. The minimum absolute atomic E-state index is 0.133. The van der Waals surface area contributed by atoms with Crippen LogP contribution >= 0.6 is 0 Å². The first-order chi connectivity index (χ1) is 14.6. The van der Waals surface area contributed by atoms with Crippen molar-refractivity contribution >= 4 is 11.6 Å².